The first-order valence-corrected chi connectivity index (χ1v) is 10.1. The second-order valence-electron chi connectivity index (χ2n) is 8.15. The topological polar surface area (TPSA) is 67.9 Å². The number of likely N-dealkylation sites (tertiary alicyclic amines) is 1. The predicted molar refractivity (Wildman–Crippen MR) is 110 cm³/mol. The minimum Gasteiger partial charge on any atom is -0.445 e. The number of nitrogens with zero attached hydrogens (tertiary/aromatic N) is 1. The average Bonchev–Trinajstić information content (AvgIpc) is 2.55. The average molecular weight is 431 g/mol. The number of hydrogen-bond acceptors (Lipinski definition) is 4. The quantitative estimate of drug-likeness (QED) is 0.707. The van der Waals surface area contributed by atoms with E-state index in [0.29, 0.717) is 29.1 Å². The van der Waals surface area contributed by atoms with Gasteiger partial charge in [-0.25, -0.2) is 9.59 Å². The predicted octanol–water partition coefficient (Wildman–Crippen LogP) is 5.26. The lowest BCUT2D eigenvalue weighted by molar-refractivity contribution is 0.0467. The zero-order valence-electron chi connectivity index (χ0n) is 16.8. The highest BCUT2D eigenvalue weighted by atomic mass is 35.5. The number of amides is 2. The van der Waals surface area contributed by atoms with E-state index in [-0.39, 0.29) is 18.7 Å². The van der Waals surface area contributed by atoms with Crippen LogP contribution < -0.4 is 5.32 Å². The number of hydrogen-bond donors (Lipinski definition) is 1. The summed E-state index contributed by atoms with van der Waals surface area (Å²) >= 11 is 11.9. The molecule has 1 aromatic rings. The van der Waals surface area contributed by atoms with Gasteiger partial charge in [0.2, 0.25) is 0 Å². The molecule has 1 aliphatic heterocycles. The van der Waals surface area contributed by atoms with Crippen LogP contribution in [0.1, 0.15) is 46.1 Å². The smallest absolute Gasteiger partial charge is 0.410 e. The van der Waals surface area contributed by atoms with Crippen molar-refractivity contribution in [3.05, 3.63) is 33.8 Å². The van der Waals surface area contributed by atoms with E-state index in [1.807, 2.05) is 27.7 Å². The zero-order valence-corrected chi connectivity index (χ0v) is 18.3. The van der Waals surface area contributed by atoms with E-state index in [0.717, 1.165) is 18.4 Å². The number of piperidine rings is 1. The van der Waals surface area contributed by atoms with Crippen molar-refractivity contribution >= 4 is 35.4 Å². The van der Waals surface area contributed by atoms with Crippen molar-refractivity contribution in [2.75, 3.05) is 13.1 Å². The molecule has 2 amide bonds. The normalized spacial score (nSPS) is 19.9. The molecule has 1 saturated heterocycles. The molecule has 2 rings (SSSR count). The van der Waals surface area contributed by atoms with E-state index in [9.17, 15) is 9.59 Å². The Morgan fingerprint density at radius 3 is 2.43 bits per heavy atom. The van der Waals surface area contributed by atoms with Gasteiger partial charge in [-0.15, -0.1) is 0 Å². The molecule has 1 fully saturated rings. The van der Waals surface area contributed by atoms with Crippen LogP contribution in [0.5, 0.6) is 0 Å². The molecule has 0 bridgehead atoms. The number of alkyl carbamates (subject to hydrolysis) is 1. The fourth-order valence-corrected chi connectivity index (χ4v) is 3.76. The Hall–Kier alpha value is -1.66. The summed E-state index contributed by atoms with van der Waals surface area (Å²) in [5, 5.41) is 3.82. The molecule has 1 aromatic carbocycles. The number of ether oxygens (including phenoxy) is 2. The summed E-state index contributed by atoms with van der Waals surface area (Å²) in [6.45, 7) is 8.70. The minimum atomic E-state index is -0.516. The Morgan fingerprint density at radius 1 is 1.21 bits per heavy atom. The van der Waals surface area contributed by atoms with Gasteiger partial charge in [-0.05, 0) is 70.2 Å². The monoisotopic (exact) mass is 430 g/mol. The van der Waals surface area contributed by atoms with Gasteiger partial charge >= 0.3 is 12.2 Å². The van der Waals surface area contributed by atoms with Gasteiger partial charge in [0.05, 0.1) is 0 Å². The maximum atomic E-state index is 12.4. The SMILES string of the molecule is C[C@H]1C[C@@H](CNC(=O)OC(C)(C)C)CCN1C(=O)OCc1cc(Cl)cc(Cl)c1. The van der Waals surface area contributed by atoms with Crippen molar-refractivity contribution in [3.63, 3.8) is 0 Å². The maximum absolute atomic E-state index is 12.4. The fourth-order valence-electron chi connectivity index (χ4n) is 3.19. The lowest BCUT2D eigenvalue weighted by Crippen LogP contribution is -2.47. The highest BCUT2D eigenvalue weighted by molar-refractivity contribution is 6.34. The van der Waals surface area contributed by atoms with Gasteiger partial charge in [0, 0.05) is 29.2 Å². The molecule has 8 heteroatoms. The molecule has 0 aliphatic carbocycles. The second-order valence-corrected chi connectivity index (χ2v) is 9.02. The van der Waals surface area contributed by atoms with E-state index >= 15 is 0 Å². The summed E-state index contributed by atoms with van der Waals surface area (Å²) in [4.78, 5) is 25.9. The molecule has 0 radical (unpaired) electrons. The Bertz CT molecular complexity index is 686. The third kappa shape index (κ3) is 7.40. The third-order valence-electron chi connectivity index (χ3n) is 4.44. The van der Waals surface area contributed by atoms with Gasteiger partial charge in [0.1, 0.15) is 12.2 Å². The summed E-state index contributed by atoms with van der Waals surface area (Å²) < 4.78 is 10.7. The van der Waals surface area contributed by atoms with E-state index < -0.39 is 11.7 Å². The molecule has 2 atom stereocenters. The van der Waals surface area contributed by atoms with Crippen LogP contribution in [-0.4, -0.2) is 41.8 Å². The molecule has 1 heterocycles. The van der Waals surface area contributed by atoms with Gasteiger partial charge in [-0.3, -0.25) is 0 Å². The molecule has 0 unspecified atom stereocenters. The van der Waals surface area contributed by atoms with Crippen LogP contribution in [0, 0.1) is 5.92 Å². The van der Waals surface area contributed by atoms with Crippen molar-refractivity contribution in [2.24, 2.45) is 5.92 Å². The maximum Gasteiger partial charge on any atom is 0.410 e. The first kappa shape index (κ1) is 22.6. The van der Waals surface area contributed by atoms with Crippen molar-refractivity contribution < 1.29 is 19.1 Å². The minimum absolute atomic E-state index is 0.0228. The Balaban J connectivity index is 1.78. The first-order valence-electron chi connectivity index (χ1n) is 9.38. The second kappa shape index (κ2) is 9.70. The van der Waals surface area contributed by atoms with Gasteiger partial charge in [-0.1, -0.05) is 23.2 Å². The van der Waals surface area contributed by atoms with Crippen molar-refractivity contribution in [1.82, 2.24) is 10.2 Å². The first-order chi connectivity index (χ1) is 13.0. The summed E-state index contributed by atoms with van der Waals surface area (Å²) in [5.41, 5.74) is 0.229. The van der Waals surface area contributed by atoms with Gasteiger partial charge in [0.25, 0.3) is 0 Å². The number of nitrogens with one attached hydrogen (secondary N) is 1. The molecule has 1 aliphatic rings. The number of carbonyl (C=O) groups is 2. The van der Waals surface area contributed by atoms with E-state index in [4.69, 9.17) is 32.7 Å². The van der Waals surface area contributed by atoms with Crippen molar-refractivity contribution in [1.29, 1.82) is 0 Å². The van der Waals surface area contributed by atoms with Crippen molar-refractivity contribution in [3.8, 4) is 0 Å². The van der Waals surface area contributed by atoms with Crippen LogP contribution >= 0.6 is 23.2 Å². The highest BCUT2D eigenvalue weighted by Crippen LogP contribution is 2.24. The van der Waals surface area contributed by atoms with Crippen LogP contribution in [0.4, 0.5) is 9.59 Å². The molecule has 1 N–H and O–H groups in total. The number of carbonyl (C=O) groups excluding carboxylic acids is 2. The molecule has 0 aromatic heterocycles. The molecule has 28 heavy (non-hydrogen) atoms. The number of halogens is 2. The number of benzene rings is 1. The molecule has 156 valence electrons. The van der Waals surface area contributed by atoms with E-state index in [1.54, 1.807) is 23.1 Å². The van der Waals surface area contributed by atoms with Gasteiger partial charge in [0.15, 0.2) is 0 Å². The van der Waals surface area contributed by atoms with E-state index in [1.165, 1.54) is 0 Å². The Labute approximate surface area is 176 Å². The lowest BCUT2D eigenvalue weighted by atomic mass is 9.92. The largest absolute Gasteiger partial charge is 0.445 e. The van der Waals surface area contributed by atoms with Crippen LogP contribution in [0.3, 0.4) is 0 Å². The van der Waals surface area contributed by atoms with Gasteiger partial charge in [-0.2, -0.15) is 0 Å². The Morgan fingerprint density at radius 2 is 1.86 bits per heavy atom. The summed E-state index contributed by atoms with van der Waals surface area (Å²) in [5.74, 6) is 0.290. The van der Waals surface area contributed by atoms with Gasteiger partial charge < -0.3 is 19.7 Å². The molecule has 0 spiro atoms. The lowest BCUT2D eigenvalue weighted by Gasteiger charge is -2.37. The summed E-state index contributed by atoms with van der Waals surface area (Å²) in [6.07, 6.45) is 0.802. The van der Waals surface area contributed by atoms with Crippen LogP contribution in [0.2, 0.25) is 10.0 Å². The summed E-state index contributed by atoms with van der Waals surface area (Å²) in [6, 6.07) is 5.10. The molecular weight excluding hydrogens is 403 g/mol. The fraction of sp³-hybridized carbons (Fsp3) is 0.600. The molecule has 0 saturated carbocycles. The highest BCUT2D eigenvalue weighted by Gasteiger charge is 2.30. The molecular formula is C20H28Cl2N2O4. The van der Waals surface area contributed by atoms with E-state index in [2.05, 4.69) is 5.32 Å². The molecule has 6 nitrogen and oxygen atoms in total. The van der Waals surface area contributed by atoms with Crippen LogP contribution in [0.15, 0.2) is 18.2 Å². The number of rotatable bonds is 4. The van der Waals surface area contributed by atoms with Crippen molar-refractivity contribution in [2.45, 2.75) is 58.8 Å². The van der Waals surface area contributed by atoms with Crippen LogP contribution in [-0.2, 0) is 16.1 Å². The standard InChI is InChI=1S/C20H28Cl2N2O4/c1-13-7-14(11-23-18(25)28-20(2,3)4)5-6-24(13)19(26)27-12-15-8-16(21)10-17(22)9-15/h8-10,13-14H,5-7,11-12H2,1-4H3,(H,23,25)/t13-,14-/m0/s1. The van der Waals surface area contributed by atoms with Crippen LogP contribution in [0.25, 0.3) is 0 Å². The Kier molecular flexibility index (Phi) is 7.84. The summed E-state index contributed by atoms with van der Waals surface area (Å²) in [7, 11) is 0. The zero-order chi connectivity index (χ0) is 20.9. The third-order valence-corrected chi connectivity index (χ3v) is 4.87.